The number of carbonyl (C=O) groups is 1. The standard InChI is InChI=1S/C25H28N2O3/c1-19-5-4-8-22(15-19)24(27-11-13-29-14-12-27)17-26-25(28)18-30-23-10-9-20-6-2-3-7-21(20)16-23/h2-10,15-16,24H,11-14,17-18H2,1H3,(H,26,28). The molecule has 1 saturated heterocycles. The maximum atomic E-state index is 12.5. The van der Waals surface area contributed by atoms with Crippen molar-refractivity contribution in [3.8, 4) is 5.75 Å². The molecule has 0 aromatic heterocycles. The molecule has 0 radical (unpaired) electrons. The van der Waals surface area contributed by atoms with Crippen molar-refractivity contribution in [1.29, 1.82) is 0 Å². The van der Waals surface area contributed by atoms with Gasteiger partial charge in [-0.2, -0.15) is 0 Å². The molecule has 1 unspecified atom stereocenters. The molecule has 1 fully saturated rings. The zero-order chi connectivity index (χ0) is 20.8. The molecule has 1 aliphatic rings. The van der Waals surface area contributed by atoms with Gasteiger partial charge in [0.15, 0.2) is 6.61 Å². The average molecular weight is 405 g/mol. The summed E-state index contributed by atoms with van der Waals surface area (Å²) in [5.41, 5.74) is 2.43. The highest BCUT2D eigenvalue weighted by atomic mass is 16.5. The molecular formula is C25H28N2O3. The van der Waals surface area contributed by atoms with Crippen LogP contribution in [-0.2, 0) is 9.53 Å². The quantitative estimate of drug-likeness (QED) is 0.652. The highest BCUT2D eigenvalue weighted by Gasteiger charge is 2.23. The molecule has 1 atom stereocenters. The molecule has 5 heteroatoms. The third-order valence-electron chi connectivity index (χ3n) is 5.50. The van der Waals surface area contributed by atoms with Crippen LogP contribution in [0.25, 0.3) is 10.8 Å². The van der Waals surface area contributed by atoms with Crippen molar-refractivity contribution in [2.24, 2.45) is 0 Å². The minimum Gasteiger partial charge on any atom is -0.484 e. The number of hydrogen-bond acceptors (Lipinski definition) is 4. The Morgan fingerprint density at radius 2 is 1.83 bits per heavy atom. The van der Waals surface area contributed by atoms with Gasteiger partial charge in [-0.3, -0.25) is 9.69 Å². The smallest absolute Gasteiger partial charge is 0.258 e. The Kier molecular flexibility index (Phi) is 6.62. The number of hydrogen-bond donors (Lipinski definition) is 1. The Labute approximate surface area is 177 Å². The SMILES string of the molecule is Cc1cccc(C(CNC(=O)COc2ccc3ccccc3c2)N2CCOCC2)c1. The van der Waals surface area contributed by atoms with Crippen LogP contribution < -0.4 is 10.1 Å². The topological polar surface area (TPSA) is 50.8 Å². The van der Waals surface area contributed by atoms with Crippen molar-refractivity contribution < 1.29 is 14.3 Å². The van der Waals surface area contributed by atoms with Crippen LogP contribution in [0.5, 0.6) is 5.75 Å². The van der Waals surface area contributed by atoms with Crippen molar-refractivity contribution in [2.75, 3.05) is 39.5 Å². The zero-order valence-electron chi connectivity index (χ0n) is 17.3. The molecule has 1 heterocycles. The van der Waals surface area contributed by atoms with Crippen LogP contribution in [0.4, 0.5) is 0 Å². The number of benzene rings is 3. The van der Waals surface area contributed by atoms with E-state index in [-0.39, 0.29) is 18.6 Å². The van der Waals surface area contributed by atoms with Crippen molar-refractivity contribution >= 4 is 16.7 Å². The highest BCUT2D eigenvalue weighted by molar-refractivity contribution is 5.84. The van der Waals surface area contributed by atoms with Crippen molar-refractivity contribution in [3.05, 3.63) is 77.9 Å². The van der Waals surface area contributed by atoms with E-state index in [4.69, 9.17) is 9.47 Å². The van der Waals surface area contributed by atoms with E-state index in [0.29, 0.717) is 12.3 Å². The van der Waals surface area contributed by atoms with Crippen LogP contribution in [0, 0.1) is 6.92 Å². The molecule has 4 rings (SSSR count). The van der Waals surface area contributed by atoms with Gasteiger partial charge in [-0.1, -0.05) is 60.2 Å². The Morgan fingerprint density at radius 1 is 1.03 bits per heavy atom. The lowest BCUT2D eigenvalue weighted by Crippen LogP contribution is -2.44. The first-order chi connectivity index (χ1) is 14.7. The summed E-state index contributed by atoms with van der Waals surface area (Å²) in [5, 5.41) is 5.31. The van der Waals surface area contributed by atoms with Gasteiger partial charge in [0.2, 0.25) is 0 Å². The third-order valence-corrected chi connectivity index (χ3v) is 5.50. The molecule has 3 aromatic carbocycles. The molecule has 30 heavy (non-hydrogen) atoms. The largest absolute Gasteiger partial charge is 0.484 e. The summed E-state index contributed by atoms with van der Waals surface area (Å²) in [5.74, 6) is 0.585. The first kappa shape index (κ1) is 20.4. The van der Waals surface area contributed by atoms with Crippen LogP contribution in [0.1, 0.15) is 17.2 Å². The van der Waals surface area contributed by atoms with Gasteiger partial charge < -0.3 is 14.8 Å². The number of rotatable bonds is 7. The molecular weight excluding hydrogens is 376 g/mol. The van der Waals surface area contributed by atoms with Crippen LogP contribution in [0.3, 0.4) is 0 Å². The fourth-order valence-electron chi connectivity index (χ4n) is 3.89. The second kappa shape index (κ2) is 9.74. The Bertz CT molecular complexity index is 998. The molecule has 1 N–H and O–H groups in total. The fraction of sp³-hybridized carbons (Fsp3) is 0.320. The monoisotopic (exact) mass is 404 g/mol. The number of morpholine rings is 1. The van der Waals surface area contributed by atoms with E-state index in [1.807, 2.05) is 36.4 Å². The number of amides is 1. The predicted molar refractivity (Wildman–Crippen MR) is 119 cm³/mol. The van der Waals surface area contributed by atoms with E-state index in [9.17, 15) is 4.79 Å². The second-order valence-corrected chi connectivity index (χ2v) is 7.68. The van der Waals surface area contributed by atoms with Gasteiger partial charge in [-0.25, -0.2) is 0 Å². The van der Waals surface area contributed by atoms with Gasteiger partial charge in [-0.05, 0) is 35.4 Å². The summed E-state index contributed by atoms with van der Waals surface area (Å²) >= 11 is 0. The van der Waals surface area contributed by atoms with Crippen molar-refractivity contribution in [1.82, 2.24) is 10.2 Å². The summed E-state index contributed by atoms with van der Waals surface area (Å²) in [6.45, 7) is 5.81. The molecule has 0 aliphatic carbocycles. The molecule has 1 amide bonds. The Morgan fingerprint density at radius 3 is 2.63 bits per heavy atom. The number of carbonyl (C=O) groups excluding carboxylic acids is 1. The van der Waals surface area contributed by atoms with Crippen LogP contribution >= 0.6 is 0 Å². The van der Waals surface area contributed by atoms with E-state index < -0.39 is 0 Å². The van der Waals surface area contributed by atoms with Crippen molar-refractivity contribution in [2.45, 2.75) is 13.0 Å². The normalized spacial score (nSPS) is 15.6. The average Bonchev–Trinajstić information content (AvgIpc) is 2.78. The number of aryl methyl sites for hydroxylation is 1. The summed E-state index contributed by atoms with van der Waals surface area (Å²) < 4.78 is 11.2. The minimum absolute atomic E-state index is 0.00197. The zero-order valence-corrected chi connectivity index (χ0v) is 17.3. The summed E-state index contributed by atoms with van der Waals surface area (Å²) in [6, 6.07) is 22.6. The molecule has 3 aromatic rings. The fourth-order valence-corrected chi connectivity index (χ4v) is 3.89. The first-order valence-electron chi connectivity index (χ1n) is 10.5. The number of ether oxygens (including phenoxy) is 2. The summed E-state index contributed by atoms with van der Waals surface area (Å²) in [4.78, 5) is 14.9. The highest BCUT2D eigenvalue weighted by Crippen LogP contribution is 2.23. The predicted octanol–water partition coefficient (Wildman–Crippen LogP) is 3.72. The molecule has 1 aliphatic heterocycles. The molecule has 156 valence electrons. The number of fused-ring (bicyclic) bond motifs is 1. The van der Waals surface area contributed by atoms with Gasteiger partial charge in [-0.15, -0.1) is 0 Å². The summed E-state index contributed by atoms with van der Waals surface area (Å²) in [7, 11) is 0. The number of nitrogens with one attached hydrogen (secondary N) is 1. The van der Waals surface area contributed by atoms with E-state index >= 15 is 0 Å². The summed E-state index contributed by atoms with van der Waals surface area (Å²) in [6.07, 6.45) is 0. The molecule has 0 spiro atoms. The van der Waals surface area contributed by atoms with E-state index in [1.165, 1.54) is 11.1 Å². The second-order valence-electron chi connectivity index (χ2n) is 7.68. The lowest BCUT2D eigenvalue weighted by Gasteiger charge is -2.35. The van der Waals surface area contributed by atoms with E-state index in [2.05, 4.69) is 47.5 Å². The Hall–Kier alpha value is -2.89. The number of nitrogens with zero attached hydrogens (tertiary/aromatic N) is 1. The lowest BCUT2D eigenvalue weighted by atomic mass is 10.0. The van der Waals surface area contributed by atoms with Crippen LogP contribution in [0.2, 0.25) is 0 Å². The van der Waals surface area contributed by atoms with Crippen LogP contribution in [-0.4, -0.2) is 50.3 Å². The van der Waals surface area contributed by atoms with Gasteiger partial charge in [0, 0.05) is 19.6 Å². The molecule has 0 saturated carbocycles. The third kappa shape index (κ3) is 5.17. The van der Waals surface area contributed by atoms with Gasteiger partial charge in [0.25, 0.3) is 5.91 Å². The maximum Gasteiger partial charge on any atom is 0.258 e. The van der Waals surface area contributed by atoms with Gasteiger partial charge in [0.05, 0.1) is 19.3 Å². The minimum atomic E-state index is -0.117. The lowest BCUT2D eigenvalue weighted by molar-refractivity contribution is -0.123. The molecule has 0 bridgehead atoms. The van der Waals surface area contributed by atoms with E-state index in [0.717, 1.165) is 37.1 Å². The van der Waals surface area contributed by atoms with Crippen LogP contribution in [0.15, 0.2) is 66.7 Å². The maximum absolute atomic E-state index is 12.5. The van der Waals surface area contributed by atoms with E-state index in [1.54, 1.807) is 0 Å². The Balaban J connectivity index is 1.36. The van der Waals surface area contributed by atoms with Crippen molar-refractivity contribution in [3.63, 3.8) is 0 Å². The van der Waals surface area contributed by atoms with Gasteiger partial charge >= 0.3 is 0 Å². The first-order valence-corrected chi connectivity index (χ1v) is 10.5. The molecule has 5 nitrogen and oxygen atoms in total. The van der Waals surface area contributed by atoms with Gasteiger partial charge in [0.1, 0.15) is 5.75 Å².